The summed E-state index contributed by atoms with van der Waals surface area (Å²) in [6.45, 7) is 9.94. The Balaban J connectivity index is 1.39. The Kier molecular flexibility index (Phi) is 7.35. The van der Waals surface area contributed by atoms with Gasteiger partial charge in [0.2, 0.25) is 0 Å². The molecule has 6 heteroatoms. The number of likely N-dealkylation sites (tertiary alicyclic amines) is 1. The van der Waals surface area contributed by atoms with Crippen LogP contribution in [-0.2, 0) is 4.74 Å². The summed E-state index contributed by atoms with van der Waals surface area (Å²) in [5.41, 5.74) is 1.23. The largest absolute Gasteiger partial charge is 0.490 e. The van der Waals surface area contributed by atoms with Gasteiger partial charge in [-0.25, -0.2) is 4.79 Å². The van der Waals surface area contributed by atoms with Crippen molar-refractivity contribution in [2.75, 3.05) is 45.9 Å². The molecular formula is C21H33N3O3. The number of carbonyl (C=O) groups is 1. The van der Waals surface area contributed by atoms with Gasteiger partial charge in [0.05, 0.1) is 13.2 Å². The molecule has 1 atom stereocenters. The van der Waals surface area contributed by atoms with Gasteiger partial charge in [-0.3, -0.25) is 4.90 Å². The second-order valence-corrected chi connectivity index (χ2v) is 7.51. The minimum atomic E-state index is 0.0514. The molecule has 6 nitrogen and oxygen atoms in total. The van der Waals surface area contributed by atoms with Crippen molar-refractivity contribution in [3.05, 3.63) is 29.8 Å². The van der Waals surface area contributed by atoms with Crippen molar-refractivity contribution < 1.29 is 14.3 Å². The van der Waals surface area contributed by atoms with E-state index >= 15 is 0 Å². The zero-order valence-electron chi connectivity index (χ0n) is 16.7. The van der Waals surface area contributed by atoms with Crippen molar-refractivity contribution in [2.45, 2.75) is 45.3 Å². The second kappa shape index (κ2) is 9.95. The maximum absolute atomic E-state index is 12.5. The van der Waals surface area contributed by atoms with Crippen LogP contribution < -0.4 is 10.1 Å². The fourth-order valence-corrected chi connectivity index (χ4v) is 3.78. The number of hydrogen-bond acceptors (Lipinski definition) is 4. The lowest BCUT2D eigenvalue weighted by Gasteiger charge is -2.35. The van der Waals surface area contributed by atoms with Crippen molar-refractivity contribution in [1.82, 2.24) is 15.1 Å². The number of carbonyl (C=O) groups excluding carboxylic acids is 1. The average molecular weight is 376 g/mol. The summed E-state index contributed by atoms with van der Waals surface area (Å²) in [4.78, 5) is 16.9. The number of aryl methyl sites for hydroxylation is 1. The third kappa shape index (κ3) is 5.84. The monoisotopic (exact) mass is 375 g/mol. The minimum absolute atomic E-state index is 0.0514. The minimum Gasteiger partial charge on any atom is -0.490 e. The van der Waals surface area contributed by atoms with E-state index in [-0.39, 0.29) is 12.1 Å². The first-order chi connectivity index (χ1) is 13.2. The molecule has 0 spiro atoms. The maximum atomic E-state index is 12.5. The van der Waals surface area contributed by atoms with E-state index in [0.29, 0.717) is 12.6 Å². The van der Waals surface area contributed by atoms with E-state index < -0.39 is 0 Å². The molecule has 0 saturated carbocycles. The van der Waals surface area contributed by atoms with Gasteiger partial charge >= 0.3 is 6.03 Å². The fourth-order valence-electron chi connectivity index (χ4n) is 3.78. The molecule has 3 rings (SSSR count). The van der Waals surface area contributed by atoms with Crippen LogP contribution in [0.2, 0.25) is 0 Å². The first kappa shape index (κ1) is 20.0. The standard InChI is InChI=1S/C21H33N3O3/c1-3-18(23-12-14-26-15-13-23)16-22-21(25)24-10-8-20(9-11-24)27-19-6-4-17(2)5-7-19/h4-7,18,20H,3,8-16H2,1-2H3,(H,22,25)/t18-/m1/s1. The van der Waals surface area contributed by atoms with Crippen LogP contribution in [0.25, 0.3) is 0 Å². The molecule has 2 aliphatic rings. The molecule has 0 bridgehead atoms. The van der Waals surface area contributed by atoms with Crippen LogP contribution in [-0.4, -0.2) is 73.9 Å². The lowest BCUT2D eigenvalue weighted by Crippen LogP contribution is -2.52. The summed E-state index contributed by atoms with van der Waals surface area (Å²) in [6, 6.07) is 8.61. The molecule has 0 aromatic heterocycles. The van der Waals surface area contributed by atoms with Crippen molar-refractivity contribution in [1.29, 1.82) is 0 Å². The molecule has 2 fully saturated rings. The number of hydrogen-bond donors (Lipinski definition) is 1. The zero-order chi connectivity index (χ0) is 19.1. The van der Waals surface area contributed by atoms with Gasteiger partial charge in [0.15, 0.2) is 0 Å². The van der Waals surface area contributed by atoms with Crippen molar-refractivity contribution in [3.63, 3.8) is 0 Å². The molecule has 1 N–H and O–H groups in total. The Hall–Kier alpha value is -1.79. The number of benzene rings is 1. The average Bonchev–Trinajstić information content (AvgIpc) is 2.71. The first-order valence-corrected chi connectivity index (χ1v) is 10.2. The van der Waals surface area contributed by atoms with Crippen molar-refractivity contribution in [3.8, 4) is 5.75 Å². The molecule has 0 unspecified atom stereocenters. The third-order valence-corrected chi connectivity index (χ3v) is 5.58. The zero-order valence-corrected chi connectivity index (χ0v) is 16.7. The van der Waals surface area contributed by atoms with E-state index in [0.717, 1.165) is 64.4 Å². The van der Waals surface area contributed by atoms with Gasteiger partial charge in [-0.05, 0) is 25.5 Å². The van der Waals surface area contributed by atoms with Crippen LogP contribution in [0.1, 0.15) is 31.7 Å². The molecule has 27 heavy (non-hydrogen) atoms. The smallest absolute Gasteiger partial charge is 0.317 e. The van der Waals surface area contributed by atoms with Gasteiger partial charge in [0.1, 0.15) is 11.9 Å². The van der Waals surface area contributed by atoms with Gasteiger partial charge in [-0.15, -0.1) is 0 Å². The Bertz CT molecular complexity index is 579. The van der Waals surface area contributed by atoms with E-state index in [9.17, 15) is 4.79 Å². The summed E-state index contributed by atoms with van der Waals surface area (Å²) in [7, 11) is 0. The molecule has 2 aliphatic heterocycles. The van der Waals surface area contributed by atoms with Crippen LogP contribution in [0.15, 0.2) is 24.3 Å². The van der Waals surface area contributed by atoms with Crippen LogP contribution >= 0.6 is 0 Å². The maximum Gasteiger partial charge on any atom is 0.317 e. The summed E-state index contributed by atoms with van der Waals surface area (Å²) in [5.74, 6) is 0.916. The van der Waals surface area contributed by atoms with Gasteiger partial charge in [-0.2, -0.15) is 0 Å². The van der Waals surface area contributed by atoms with E-state index in [1.54, 1.807) is 0 Å². The number of ether oxygens (including phenoxy) is 2. The topological polar surface area (TPSA) is 54.0 Å². The summed E-state index contributed by atoms with van der Waals surface area (Å²) in [5, 5.41) is 3.14. The Morgan fingerprint density at radius 1 is 1.19 bits per heavy atom. The number of nitrogens with zero attached hydrogens (tertiary/aromatic N) is 2. The fraction of sp³-hybridized carbons (Fsp3) is 0.667. The van der Waals surface area contributed by atoms with Crippen molar-refractivity contribution >= 4 is 6.03 Å². The number of piperidine rings is 1. The quantitative estimate of drug-likeness (QED) is 0.831. The number of rotatable bonds is 6. The summed E-state index contributed by atoms with van der Waals surface area (Å²) < 4.78 is 11.5. The molecule has 0 aliphatic carbocycles. The molecule has 150 valence electrons. The van der Waals surface area contributed by atoms with Gasteiger partial charge in [0.25, 0.3) is 0 Å². The predicted octanol–water partition coefficient (Wildman–Crippen LogP) is 2.66. The van der Waals surface area contributed by atoms with E-state index in [1.807, 2.05) is 17.0 Å². The van der Waals surface area contributed by atoms with Crippen LogP contribution in [0, 0.1) is 6.92 Å². The molecule has 2 saturated heterocycles. The lowest BCUT2D eigenvalue weighted by molar-refractivity contribution is 0.0160. The molecule has 1 aromatic carbocycles. The second-order valence-electron chi connectivity index (χ2n) is 7.51. The number of urea groups is 1. The number of morpholine rings is 1. The van der Waals surface area contributed by atoms with Crippen LogP contribution in [0.3, 0.4) is 0 Å². The van der Waals surface area contributed by atoms with Crippen molar-refractivity contribution in [2.24, 2.45) is 0 Å². The third-order valence-electron chi connectivity index (χ3n) is 5.58. The normalized spacial score (nSPS) is 20.3. The predicted molar refractivity (Wildman–Crippen MR) is 106 cm³/mol. The Morgan fingerprint density at radius 2 is 1.85 bits per heavy atom. The highest BCUT2D eigenvalue weighted by Gasteiger charge is 2.25. The number of amides is 2. The highest BCUT2D eigenvalue weighted by molar-refractivity contribution is 5.74. The van der Waals surface area contributed by atoms with Gasteiger partial charge < -0.3 is 19.7 Å². The SMILES string of the molecule is CC[C@H](CNC(=O)N1CCC(Oc2ccc(C)cc2)CC1)N1CCOCC1. The highest BCUT2D eigenvalue weighted by Crippen LogP contribution is 2.19. The van der Waals surface area contributed by atoms with Crippen LogP contribution in [0.5, 0.6) is 5.75 Å². The molecule has 2 amide bonds. The van der Waals surface area contributed by atoms with Gasteiger partial charge in [-0.1, -0.05) is 24.6 Å². The first-order valence-electron chi connectivity index (χ1n) is 10.2. The summed E-state index contributed by atoms with van der Waals surface area (Å²) >= 11 is 0. The van der Waals surface area contributed by atoms with Gasteiger partial charge in [0, 0.05) is 51.6 Å². The van der Waals surface area contributed by atoms with E-state index in [4.69, 9.17) is 9.47 Å². The molecule has 0 radical (unpaired) electrons. The Labute approximate surface area is 162 Å². The lowest BCUT2D eigenvalue weighted by atomic mass is 10.1. The van der Waals surface area contributed by atoms with E-state index in [2.05, 4.69) is 36.2 Å². The van der Waals surface area contributed by atoms with E-state index in [1.165, 1.54) is 5.56 Å². The van der Waals surface area contributed by atoms with Crippen LogP contribution in [0.4, 0.5) is 4.79 Å². The highest BCUT2D eigenvalue weighted by atomic mass is 16.5. The molecular weight excluding hydrogens is 342 g/mol. The summed E-state index contributed by atoms with van der Waals surface area (Å²) in [6.07, 6.45) is 2.98. The Morgan fingerprint density at radius 3 is 2.48 bits per heavy atom. The number of nitrogens with one attached hydrogen (secondary N) is 1. The molecule has 1 aromatic rings. The molecule has 2 heterocycles.